The highest BCUT2D eigenvalue weighted by molar-refractivity contribution is 5.89. The summed E-state index contributed by atoms with van der Waals surface area (Å²) in [5, 5.41) is 3.15. The van der Waals surface area contributed by atoms with Crippen molar-refractivity contribution >= 4 is 5.91 Å². The zero-order chi connectivity index (χ0) is 21.0. The lowest BCUT2D eigenvalue weighted by molar-refractivity contribution is -0.0302. The molecule has 1 aromatic heterocycles. The lowest BCUT2D eigenvalue weighted by atomic mass is 9.82. The molecule has 4 aliphatic rings. The van der Waals surface area contributed by atoms with Gasteiger partial charge < -0.3 is 19.2 Å². The first kappa shape index (κ1) is 20.5. The lowest BCUT2D eigenvalue weighted by Crippen LogP contribution is -2.58. The van der Waals surface area contributed by atoms with E-state index >= 15 is 0 Å². The Morgan fingerprint density at radius 3 is 2.81 bits per heavy atom. The van der Waals surface area contributed by atoms with Crippen LogP contribution in [0.5, 0.6) is 5.75 Å². The Bertz CT molecular complexity index is 863. The van der Waals surface area contributed by atoms with Gasteiger partial charge in [0.25, 0.3) is 5.89 Å². The van der Waals surface area contributed by atoms with E-state index in [0.29, 0.717) is 19.1 Å². The fourth-order valence-electron chi connectivity index (χ4n) is 5.36. The van der Waals surface area contributed by atoms with Crippen LogP contribution in [0.4, 0.5) is 0 Å². The summed E-state index contributed by atoms with van der Waals surface area (Å²) in [4.78, 5) is 19.0. The molecule has 2 aromatic rings. The van der Waals surface area contributed by atoms with E-state index in [0.717, 1.165) is 57.4 Å². The van der Waals surface area contributed by atoms with Gasteiger partial charge in [0.05, 0.1) is 24.9 Å². The lowest BCUT2D eigenvalue weighted by Gasteiger charge is -2.42. The molecule has 1 unspecified atom stereocenters. The van der Waals surface area contributed by atoms with E-state index in [4.69, 9.17) is 13.9 Å². The predicted molar refractivity (Wildman–Crippen MR) is 115 cm³/mol. The molecule has 1 N–H and O–H groups in total. The number of aromatic nitrogens is 1. The Morgan fingerprint density at radius 2 is 1.97 bits per heavy atom. The number of amides is 1. The molecule has 3 aliphatic heterocycles. The van der Waals surface area contributed by atoms with Crippen LogP contribution in [0.2, 0.25) is 0 Å². The average molecular weight is 426 g/mol. The van der Waals surface area contributed by atoms with Crippen molar-refractivity contribution < 1.29 is 18.7 Å². The number of fused-ring (bicyclic) bond motifs is 5. The van der Waals surface area contributed by atoms with Gasteiger partial charge in [-0.2, -0.15) is 0 Å². The third-order valence-corrected chi connectivity index (χ3v) is 7.01. The number of para-hydroxylation sites is 1. The van der Waals surface area contributed by atoms with E-state index in [1.54, 1.807) is 0 Å². The first-order valence-corrected chi connectivity index (χ1v) is 11.6. The Morgan fingerprint density at radius 1 is 1.10 bits per heavy atom. The van der Waals surface area contributed by atoms with Crippen molar-refractivity contribution in [3.63, 3.8) is 0 Å². The summed E-state index contributed by atoms with van der Waals surface area (Å²) >= 11 is 0. The highest BCUT2D eigenvalue weighted by Gasteiger charge is 2.35. The van der Waals surface area contributed by atoms with Crippen LogP contribution in [0.25, 0.3) is 0 Å². The van der Waals surface area contributed by atoms with Crippen LogP contribution < -0.4 is 10.1 Å². The molecule has 1 aliphatic carbocycles. The van der Waals surface area contributed by atoms with Crippen LogP contribution in [0, 0.1) is 0 Å². The second kappa shape index (κ2) is 9.40. The Labute approximate surface area is 183 Å². The number of benzene rings is 1. The highest BCUT2D eigenvalue weighted by atomic mass is 16.5. The maximum atomic E-state index is 12.6. The Balaban J connectivity index is 1.34. The summed E-state index contributed by atoms with van der Waals surface area (Å²) in [6, 6.07) is 8.62. The average Bonchev–Trinajstić information content (AvgIpc) is 3.35. The summed E-state index contributed by atoms with van der Waals surface area (Å²) in [5.41, 5.74) is 1.34. The van der Waals surface area contributed by atoms with Gasteiger partial charge in [-0.05, 0) is 62.6 Å². The molecule has 0 radical (unpaired) electrons. The van der Waals surface area contributed by atoms with Gasteiger partial charge in [-0.1, -0.05) is 18.2 Å². The van der Waals surface area contributed by atoms with Crippen LogP contribution in [-0.4, -0.2) is 60.3 Å². The quantitative estimate of drug-likeness (QED) is 0.795. The van der Waals surface area contributed by atoms with Crippen LogP contribution in [-0.2, 0) is 4.74 Å². The molecule has 31 heavy (non-hydrogen) atoms. The van der Waals surface area contributed by atoms with Crippen molar-refractivity contribution in [2.75, 3.05) is 26.3 Å². The van der Waals surface area contributed by atoms with Crippen molar-refractivity contribution in [1.29, 1.82) is 0 Å². The van der Waals surface area contributed by atoms with E-state index < -0.39 is 0 Å². The third-order valence-electron chi connectivity index (χ3n) is 7.01. The molecule has 1 saturated carbocycles. The minimum atomic E-state index is -0.259. The summed E-state index contributed by atoms with van der Waals surface area (Å²) in [5.74, 6) is 1.42. The van der Waals surface area contributed by atoms with Gasteiger partial charge in [0.2, 0.25) is 0 Å². The van der Waals surface area contributed by atoms with Crippen LogP contribution in [0.3, 0.4) is 0 Å². The molecule has 4 heterocycles. The molecule has 2 bridgehead atoms. The molecule has 1 amide bonds. The second-order valence-electron chi connectivity index (χ2n) is 8.86. The minimum Gasteiger partial charge on any atom is -0.492 e. The molecule has 166 valence electrons. The first-order chi connectivity index (χ1) is 15.3. The third kappa shape index (κ3) is 4.62. The van der Waals surface area contributed by atoms with Crippen molar-refractivity contribution in [3.05, 3.63) is 48.2 Å². The van der Waals surface area contributed by atoms with Crippen LogP contribution in [0.1, 0.15) is 60.7 Å². The maximum Gasteiger partial charge on any atom is 0.307 e. The van der Waals surface area contributed by atoms with Gasteiger partial charge in [-0.3, -0.25) is 9.69 Å². The van der Waals surface area contributed by atoms with Gasteiger partial charge in [0, 0.05) is 12.6 Å². The topological polar surface area (TPSA) is 76.8 Å². The minimum absolute atomic E-state index is 0.00176. The Hall–Kier alpha value is -2.38. The zero-order valence-corrected chi connectivity index (χ0v) is 17.9. The van der Waals surface area contributed by atoms with Gasteiger partial charge in [-0.25, -0.2) is 4.98 Å². The zero-order valence-electron chi connectivity index (χ0n) is 17.9. The number of nitrogens with zero attached hydrogens (tertiary/aromatic N) is 2. The highest BCUT2D eigenvalue weighted by Crippen LogP contribution is 2.38. The number of hydrogen-bond donors (Lipinski definition) is 1. The summed E-state index contributed by atoms with van der Waals surface area (Å²) < 4.78 is 17.9. The van der Waals surface area contributed by atoms with E-state index in [9.17, 15) is 4.79 Å². The molecule has 7 nitrogen and oxygen atoms in total. The van der Waals surface area contributed by atoms with Gasteiger partial charge >= 0.3 is 5.91 Å². The number of carbonyl (C=O) groups is 1. The van der Waals surface area contributed by atoms with Gasteiger partial charge in [0.1, 0.15) is 18.6 Å². The van der Waals surface area contributed by atoms with Gasteiger partial charge in [-0.15, -0.1) is 0 Å². The monoisotopic (exact) mass is 425 g/mol. The van der Waals surface area contributed by atoms with E-state index in [-0.39, 0.29) is 30.0 Å². The number of rotatable bonds is 2. The molecule has 2 fully saturated rings. The molecule has 6 rings (SSSR count). The van der Waals surface area contributed by atoms with Crippen molar-refractivity contribution in [1.82, 2.24) is 15.2 Å². The van der Waals surface area contributed by atoms with Crippen molar-refractivity contribution in [2.45, 2.75) is 62.6 Å². The van der Waals surface area contributed by atoms with Crippen LogP contribution in [0.15, 0.2) is 41.1 Å². The number of carbonyl (C=O) groups excluding carboxylic acids is 1. The van der Waals surface area contributed by atoms with E-state index in [1.165, 1.54) is 18.0 Å². The number of nitrogens with one attached hydrogen (secondary N) is 1. The maximum absolute atomic E-state index is 12.6. The number of piperidine rings is 1. The fourth-order valence-corrected chi connectivity index (χ4v) is 5.36. The molecule has 7 heteroatoms. The fraction of sp³-hybridized carbons (Fsp3) is 0.583. The van der Waals surface area contributed by atoms with E-state index in [1.807, 2.05) is 0 Å². The van der Waals surface area contributed by atoms with Crippen LogP contribution >= 0.6 is 0 Å². The first-order valence-electron chi connectivity index (χ1n) is 11.6. The predicted octanol–water partition coefficient (Wildman–Crippen LogP) is 3.37. The Kier molecular flexibility index (Phi) is 6.22. The van der Waals surface area contributed by atoms with Crippen molar-refractivity contribution in [3.8, 4) is 5.75 Å². The molecule has 0 spiro atoms. The second-order valence-corrected chi connectivity index (χ2v) is 8.86. The molecular formula is C24H31N3O4. The molecule has 1 saturated heterocycles. The summed E-state index contributed by atoms with van der Waals surface area (Å²) in [6.07, 6.45) is 9.55. The number of hydrogen-bond acceptors (Lipinski definition) is 6. The summed E-state index contributed by atoms with van der Waals surface area (Å²) in [7, 11) is 0. The molecule has 2 atom stereocenters. The SMILES string of the molecule is O=C(N[C@H]1CCCN2CCOc3ccccc3C3CCC(CC3)OCC12)c1ncco1. The molecular weight excluding hydrogens is 394 g/mol. The van der Waals surface area contributed by atoms with E-state index in [2.05, 4.69) is 39.5 Å². The molecule has 1 aromatic carbocycles. The number of ether oxygens (including phenoxy) is 2. The largest absolute Gasteiger partial charge is 0.492 e. The van der Waals surface area contributed by atoms with Crippen molar-refractivity contribution in [2.24, 2.45) is 0 Å². The van der Waals surface area contributed by atoms with Gasteiger partial charge in [0.15, 0.2) is 0 Å². The normalized spacial score (nSPS) is 29.4. The number of oxazole rings is 1. The smallest absolute Gasteiger partial charge is 0.307 e. The summed E-state index contributed by atoms with van der Waals surface area (Å²) in [6.45, 7) is 3.05. The standard InChI is InChI=1S/C24H31N3O4/c28-23(24-25-11-14-30-24)26-20-5-3-12-27-13-15-29-22-6-2-1-4-19(22)17-7-9-18(10-8-17)31-16-21(20)27/h1-2,4,6,11,14,17-18,20-21H,3,5,7-10,12-13,15-16H2,(H,26,28)/t17?,18?,20-,21?/m0/s1.